The number of rotatable bonds is 4. The Kier molecular flexibility index (Phi) is 5.07. The molecule has 0 aliphatic heterocycles. The van der Waals surface area contributed by atoms with Crippen LogP contribution in [-0.2, 0) is 13.1 Å². The monoisotopic (exact) mass is 288 g/mol. The van der Waals surface area contributed by atoms with Crippen molar-refractivity contribution in [2.75, 3.05) is 0 Å². The van der Waals surface area contributed by atoms with Crippen molar-refractivity contribution < 1.29 is 4.39 Å². The zero-order chi connectivity index (χ0) is 14.4. The summed E-state index contributed by atoms with van der Waals surface area (Å²) in [6.07, 6.45) is 0. The first-order chi connectivity index (χ1) is 9.63. The van der Waals surface area contributed by atoms with Crippen molar-refractivity contribution in [1.82, 2.24) is 10.6 Å². The van der Waals surface area contributed by atoms with Gasteiger partial charge in [0.1, 0.15) is 5.82 Å². The minimum atomic E-state index is -0.228. The summed E-state index contributed by atoms with van der Waals surface area (Å²) in [5, 5.41) is 6.84. The number of nitrogens with one attached hydrogen (secondary N) is 2. The molecule has 2 rings (SSSR count). The highest BCUT2D eigenvalue weighted by Crippen LogP contribution is 2.03. The molecule has 0 radical (unpaired) electrons. The summed E-state index contributed by atoms with van der Waals surface area (Å²) in [5.74, 6) is -0.228. The smallest absolute Gasteiger partial charge is 0.166 e. The molecule has 0 fully saturated rings. The summed E-state index contributed by atoms with van der Waals surface area (Å²) < 4.78 is 12.8. The van der Waals surface area contributed by atoms with E-state index >= 15 is 0 Å². The standard InChI is InChI=1S/C16H17FN2S/c1-12-2-4-13(5-3-12)10-18-16(20)19-11-14-6-8-15(17)9-7-14/h2-9H,10-11H2,1H3,(H2,18,19,20). The van der Waals surface area contributed by atoms with E-state index < -0.39 is 0 Å². The molecule has 0 amide bonds. The van der Waals surface area contributed by atoms with Crippen molar-refractivity contribution in [2.24, 2.45) is 0 Å². The summed E-state index contributed by atoms with van der Waals surface area (Å²) in [4.78, 5) is 0. The Hall–Kier alpha value is -1.94. The summed E-state index contributed by atoms with van der Waals surface area (Å²) >= 11 is 5.21. The zero-order valence-corrected chi connectivity index (χ0v) is 12.1. The van der Waals surface area contributed by atoms with Crippen LogP contribution in [-0.4, -0.2) is 5.11 Å². The molecule has 0 aliphatic carbocycles. The Morgan fingerprint density at radius 2 is 1.35 bits per heavy atom. The van der Waals surface area contributed by atoms with Gasteiger partial charge in [0.15, 0.2) is 5.11 Å². The van der Waals surface area contributed by atoms with E-state index in [0.29, 0.717) is 18.2 Å². The molecule has 2 aromatic rings. The van der Waals surface area contributed by atoms with Crippen molar-refractivity contribution in [2.45, 2.75) is 20.0 Å². The quantitative estimate of drug-likeness (QED) is 0.844. The van der Waals surface area contributed by atoms with Gasteiger partial charge in [-0.05, 0) is 42.4 Å². The topological polar surface area (TPSA) is 24.1 Å². The highest BCUT2D eigenvalue weighted by Gasteiger charge is 1.98. The van der Waals surface area contributed by atoms with Gasteiger partial charge in [0.2, 0.25) is 0 Å². The van der Waals surface area contributed by atoms with Gasteiger partial charge < -0.3 is 10.6 Å². The maximum atomic E-state index is 12.8. The van der Waals surface area contributed by atoms with Crippen LogP contribution < -0.4 is 10.6 Å². The molecule has 20 heavy (non-hydrogen) atoms. The Labute approximate surface area is 124 Å². The molecule has 0 saturated carbocycles. The first-order valence-electron chi connectivity index (χ1n) is 6.45. The molecule has 0 heterocycles. The molecule has 0 aromatic heterocycles. The van der Waals surface area contributed by atoms with Gasteiger partial charge in [0.05, 0.1) is 0 Å². The first-order valence-corrected chi connectivity index (χ1v) is 6.86. The normalized spacial score (nSPS) is 10.1. The fraction of sp³-hybridized carbons (Fsp3) is 0.188. The first kappa shape index (κ1) is 14.5. The van der Waals surface area contributed by atoms with Crippen LogP contribution in [0.1, 0.15) is 16.7 Å². The van der Waals surface area contributed by atoms with Gasteiger partial charge in [0.25, 0.3) is 0 Å². The third kappa shape index (κ3) is 4.63. The van der Waals surface area contributed by atoms with Crippen molar-refractivity contribution in [3.05, 3.63) is 71.0 Å². The van der Waals surface area contributed by atoms with Crippen LogP contribution in [0.3, 0.4) is 0 Å². The summed E-state index contributed by atoms with van der Waals surface area (Å²) in [7, 11) is 0. The lowest BCUT2D eigenvalue weighted by molar-refractivity contribution is 0.626. The van der Waals surface area contributed by atoms with E-state index in [2.05, 4.69) is 41.8 Å². The predicted molar refractivity (Wildman–Crippen MR) is 83.9 cm³/mol. The molecule has 0 atom stereocenters. The third-order valence-electron chi connectivity index (χ3n) is 2.94. The highest BCUT2D eigenvalue weighted by molar-refractivity contribution is 7.80. The summed E-state index contributed by atoms with van der Waals surface area (Å²) in [5.41, 5.74) is 3.41. The van der Waals surface area contributed by atoms with Gasteiger partial charge >= 0.3 is 0 Å². The molecule has 2 aromatic carbocycles. The average molecular weight is 288 g/mol. The van der Waals surface area contributed by atoms with Crippen LogP contribution in [0.4, 0.5) is 4.39 Å². The van der Waals surface area contributed by atoms with Gasteiger partial charge in [-0.25, -0.2) is 4.39 Å². The molecular weight excluding hydrogens is 271 g/mol. The predicted octanol–water partition coefficient (Wildman–Crippen LogP) is 3.30. The van der Waals surface area contributed by atoms with Crippen LogP contribution in [0.2, 0.25) is 0 Å². The fourth-order valence-electron chi connectivity index (χ4n) is 1.74. The van der Waals surface area contributed by atoms with Gasteiger partial charge in [-0.15, -0.1) is 0 Å². The van der Waals surface area contributed by atoms with E-state index in [1.54, 1.807) is 12.1 Å². The molecular formula is C16H17FN2S. The van der Waals surface area contributed by atoms with E-state index in [4.69, 9.17) is 12.2 Å². The number of benzene rings is 2. The Bertz CT molecular complexity index is 513. The third-order valence-corrected chi connectivity index (χ3v) is 3.23. The Morgan fingerprint density at radius 1 is 0.900 bits per heavy atom. The summed E-state index contributed by atoms with van der Waals surface area (Å²) in [6.45, 7) is 3.33. The van der Waals surface area contributed by atoms with E-state index in [9.17, 15) is 4.39 Å². The van der Waals surface area contributed by atoms with Crippen LogP contribution in [0, 0.1) is 12.7 Å². The maximum absolute atomic E-state index is 12.8. The average Bonchev–Trinajstić information content (AvgIpc) is 2.46. The lowest BCUT2D eigenvalue weighted by atomic mass is 10.1. The maximum Gasteiger partial charge on any atom is 0.166 e. The van der Waals surface area contributed by atoms with Crippen LogP contribution in [0.25, 0.3) is 0 Å². The molecule has 0 aliphatic rings. The molecule has 0 spiro atoms. The van der Waals surface area contributed by atoms with E-state index in [1.165, 1.54) is 23.3 Å². The molecule has 0 bridgehead atoms. The Morgan fingerprint density at radius 3 is 1.85 bits per heavy atom. The van der Waals surface area contributed by atoms with Crippen molar-refractivity contribution in [3.63, 3.8) is 0 Å². The molecule has 4 heteroatoms. The van der Waals surface area contributed by atoms with Crippen molar-refractivity contribution in [1.29, 1.82) is 0 Å². The van der Waals surface area contributed by atoms with Crippen LogP contribution in [0.5, 0.6) is 0 Å². The van der Waals surface area contributed by atoms with E-state index in [1.807, 2.05) is 0 Å². The largest absolute Gasteiger partial charge is 0.359 e. The number of hydrogen-bond acceptors (Lipinski definition) is 1. The number of hydrogen-bond donors (Lipinski definition) is 2. The highest BCUT2D eigenvalue weighted by atomic mass is 32.1. The van der Waals surface area contributed by atoms with Crippen LogP contribution in [0.15, 0.2) is 48.5 Å². The lowest BCUT2D eigenvalue weighted by Crippen LogP contribution is -2.34. The van der Waals surface area contributed by atoms with E-state index in [-0.39, 0.29) is 5.82 Å². The number of aryl methyl sites for hydroxylation is 1. The molecule has 0 unspecified atom stereocenters. The molecule has 0 saturated heterocycles. The number of thiocarbonyl (C=S) groups is 1. The SMILES string of the molecule is Cc1ccc(CNC(=S)NCc2ccc(F)cc2)cc1. The van der Waals surface area contributed by atoms with Gasteiger partial charge in [-0.3, -0.25) is 0 Å². The summed E-state index contributed by atoms with van der Waals surface area (Å²) in [6, 6.07) is 14.7. The fourth-order valence-corrected chi connectivity index (χ4v) is 1.88. The Balaban J connectivity index is 1.75. The van der Waals surface area contributed by atoms with E-state index in [0.717, 1.165) is 5.56 Å². The minimum absolute atomic E-state index is 0.228. The second kappa shape index (κ2) is 7.01. The zero-order valence-electron chi connectivity index (χ0n) is 11.3. The minimum Gasteiger partial charge on any atom is -0.359 e. The molecule has 2 nitrogen and oxygen atoms in total. The van der Waals surface area contributed by atoms with Crippen LogP contribution >= 0.6 is 12.2 Å². The second-order valence-corrected chi connectivity index (χ2v) is 5.06. The molecule has 2 N–H and O–H groups in total. The lowest BCUT2D eigenvalue weighted by Gasteiger charge is -2.10. The van der Waals surface area contributed by atoms with Gasteiger partial charge in [-0.2, -0.15) is 0 Å². The van der Waals surface area contributed by atoms with Crippen molar-refractivity contribution in [3.8, 4) is 0 Å². The second-order valence-electron chi connectivity index (χ2n) is 4.65. The van der Waals surface area contributed by atoms with Crippen molar-refractivity contribution >= 4 is 17.3 Å². The molecule has 104 valence electrons. The van der Waals surface area contributed by atoms with Gasteiger partial charge in [-0.1, -0.05) is 42.0 Å². The number of halogens is 1. The van der Waals surface area contributed by atoms with Gasteiger partial charge in [0, 0.05) is 13.1 Å².